The van der Waals surface area contributed by atoms with Crippen molar-refractivity contribution in [2.75, 3.05) is 61.0 Å². The average Bonchev–Trinajstić information content (AvgIpc) is 1.64. The number of hydrogen-bond donors (Lipinski definition) is 3. The summed E-state index contributed by atoms with van der Waals surface area (Å²) in [6, 6.07) is 62.2. The fourth-order valence-corrected chi connectivity index (χ4v) is 15.8. The zero-order valence-corrected chi connectivity index (χ0v) is 69.9. The van der Waals surface area contributed by atoms with Crippen LogP contribution in [0.25, 0.3) is 81.4 Å². The molecule has 15 aromatic rings. The van der Waals surface area contributed by atoms with Gasteiger partial charge >= 0.3 is 17.9 Å². The molecule has 129 heavy (non-hydrogen) atoms. The van der Waals surface area contributed by atoms with E-state index >= 15 is 0 Å². The van der Waals surface area contributed by atoms with Crippen molar-refractivity contribution in [3.8, 4) is 51.4 Å². The SMILES string of the molecule is [C-]#[N+]c1ccc(COc2cccc(-c3ccc4c(c3)CCOC4c3nc4ccc(C(=O)O)cc4n3CCOC)n2)c(F)c1.[C-]#[N+]c1ccc(COc2cccc(-c3ccc4c(c3)CCOC4c3nc4ccc(C(=O)O)cc4n3CCOC)n2)c(F)c1.[C-]#[N+]c1ccc(COc2cccc(-c3ccc4c(c3)CCOC4c3nc4ccc(C(=O)O)cc4n3CCOC)n2)c(F)c1. The number of halogens is 3. The Hall–Kier alpha value is -15.3. The molecule has 0 bridgehead atoms. The number of ether oxygens (including phenoxy) is 9. The van der Waals surface area contributed by atoms with Gasteiger partial charge in [0.2, 0.25) is 17.6 Å². The number of hydrogen-bond acceptors (Lipinski definition) is 18. The van der Waals surface area contributed by atoms with Gasteiger partial charge in [-0.1, -0.05) is 91.0 Å². The summed E-state index contributed by atoms with van der Waals surface area (Å²) in [4.78, 5) is 73.1. The van der Waals surface area contributed by atoms with Crippen molar-refractivity contribution in [1.29, 1.82) is 0 Å². The van der Waals surface area contributed by atoms with E-state index < -0.39 is 53.7 Å². The molecule has 0 fully saturated rings. The maximum absolute atomic E-state index is 14.3. The number of aromatic carboxylic acids is 3. The summed E-state index contributed by atoms with van der Waals surface area (Å²) >= 11 is 0. The Kier molecular flexibility index (Phi) is 26.7. The fraction of sp³-hybridized carbons (Fsp3) is 0.212. The Morgan fingerprint density at radius 1 is 0.380 bits per heavy atom. The first-order valence-electron chi connectivity index (χ1n) is 41.0. The smallest absolute Gasteiger partial charge is 0.335 e. The van der Waals surface area contributed by atoms with Crippen LogP contribution in [0.15, 0.2) is 218 Å². The van der Waals surface area contributed by atoms with Gasteiger partial charge in [-0.2, -0.15) is 0 Å². The van der Waals surface area contributed by atoms with Crippen molar-refractivity contribution in [2.24, 2.45) is 0 Å². The molecule has 0 aliphatic carbocycles. The number of aromatic nitrogens is 9. The van der Waals surface area contributed by atoms with Crippen LogP contribution in [0, 0.1) is 37.2 Å². The summed E-state index contributed by atoms with van der Waals surface area (Å²) in [6.07, 6.45) is 0.789. The van der Waals surface area contributed by atoms with Gasteiger partial charge in [0.25, 0.3) is 0 Å². The molecule has 648 valence electrons. The average molecular weight is 1740 g/mol. The number of imidazole rings is 3. The van der Waals surface area contributed by atoms with Crippen molar-refractivity contribution < 1.29 is 85.5 Å². The van der Waals surface area contributed by atoms with Crippen molar-refractivity contribution in [3.05, 3.63) is 354 Å². The minimum absolute atomic E-state index is 0.0121. The van der Waals surface area contributed by atoms with E-state index in [4.69, 9.17) is 77.3 Å². The lowest BCUT2D eigenvalue weighted by molar-refractivity contribution is 0.0608. The summed E-state index contributed by atoms with van der Waals surface area (Å²) in [5, 5.41) is 28.6. The van der Waals surface area contributed by atoms with E-state index in [1.165, 1.54) is 18.2 Å². The third-order valence-corrected chi connectivity index (χ3v) is 22.3. The molecule has 3 aliphatic rings. The van der Waals surface area contributed by atoms with Crippen LogP contribution >= 0.6 is 0 Å². The highest BCUT2D eigenvalue weighted by Crippen LogP contribution is 2.42. The zero-order valence-electron chi connectivity index (χ0n) is 69.9. The van der Waals surface area contributed by atoms with Crippen LogP contribution < -0.4 is 14.2 Å². The molecule has 0 spiro atoms. The molecular weight excluding hydrogens is 1650 g/mol. The monoisotopic (exact) mass is 1730 g/mol. The first-order chi connectivity index (χ1) is 62.8. The number of rotatable bonds is 27. The van der Waals surface area contributed by atoms with Gasteiger partial charge in [-0.25, -0.2) is 72.0 Å². The van der Waals surface area contributed by atoms with E-state index in [0.29, 0.717) is 181 Å². The summed E-state index contributed by atoms with van der Waals surface area (Å²) in [5.74, 6) is -1.33. The highest BCUT2D eigenvalue weighted by molar-refractivity contribution is 5.94. The Labute approximate surface area is 737 Å². The van der Waals surface area contributed by atoms with Gasteiger partial charge in [0.05, 0.1) is 126 Å². The second kappa shape index (κ2) is 39.5. The summed E-state index contributed by atoms with van der Waals surface area (Å²) in [7, 11) is 4.86. The summed E-state index contributed by atoms with van der Waals surface area (Å²) in [5.41, 5.74) is 17.6. The molecule has 9 heterocycles. The van der Waals surface area contributed by atoms with E-state index in [2.05, 4.69) is 47.7 Å². The second-order valence-corrected chi connectivity index (χ2v) is 30.2. The van der Waals surface area contributed by atoms with Crippen LogP contribution in [0.4, 0.5) is 30.2 Å². The number of carbonyl (C=O) groups is 3. The summed E-state index contributed by atoms with van der Waals surface area (Å²) < 4.78 is 101. The first-order valence-corrected chi connectivity index (χ1v) is 41.0. The number of methoxy groups -OCH3 is 3. The lowest BCUT2D eigenvalue weighted by Crippen LogP contribution is -2.21. The van der Waals surface area contributed by atoms with E-state index in [1.807, 2.05) is 86.5 Å². The Balaban J connectivity index is 0.000000142. The number of nitrogens with zero attached hydrogens (tertiary/aromatic N) is 12. The number of fused-ring (bicyclic) bond motifs is 6. The molecule has 3 aliphatic heterocycles. The fourth-order valence-electron chi connectivity index (χ4n) is 15.8. The molecular formula is C99H81F3N12O15. The minimum atomic E-state index is -1.000. The van der Waals surface area contributed by atoms with E-state index in [0.717, 1.165) is 50.1 Å². The van der Waals surface area contributed by atoms with E-state index in [9.17, 15) is 42.9 Å². The quantitative estimate of drug-likeness (QED) is 0.0403. The third-order valence-electron chi connectivity index (χ3n) is 22.3. The van der Waals surface area contributed by atoms with Crippen molar-refractivity contribution in [3.63, 3.8) is 0 Å². The third kappa shape index (κ3) is 19.4. The van der Waals surface area contributed by atoms with Crippen LogP contribution in [-0.4, -0.2) is 138 Å². The van der Waals surface area contributed by atoms with Gasteiger partial charge in [0, 0.05) is 92.5 Å². The predicted molar refractivity (Wildman–Crippen MR) is 470 cm³/mol. The molecule has 3 N–H and O–H groups in total. The highest BCUT2D eigenvalue weighted by Gasteiger charge is 2.33. The topological polar surface area (TPSA) is 300 Å². The molecule has 27 nitrogen and oxygen atoms in total. The number of carboxylic acids is 3. The van der Waals surface area contributed by atoms with Crippen LogP contribution in [-0.2, 0) is 87.1 Å². The van der Waals surface area contributed by atoms with E-state index in [-0.39, 0.29) is 53.6 Å². The van der Waals surface area contributed by atoms with Crippen LogP contribution in [0.1, 0.15) is 117 Å². The van der Waals surface area contributed by atoms with Crippen molar-refractivity contribution >= 4 is 68.1 Å². The molecule has 0 radical (unpaired) electrons. The molecule has 9 aromatic carbocycles. The van der Waals surface area contributed by atoms with Gasteiger partial charge in [0.15, 0.2) is 17.1 Å². The van der Waals surface area contributed by atoms with Crippen LogP contribution in [0.5, 0.6) is 17.6 Å². The van der Waals surface area contributed by atoms with E-state index in [1.54, 1.807) is 131 Å². The minimum Gasteiger partial charge on any atom is -0.478 e. The van der Waals surface area contributed by atoms with Gasteiger partial charge in [0.1, 0.15) is 73.1 Å². The number of benzene rings is 9. The van der Waals surface area contributed by atoms with Gasteiger partial charge in [-0.3, -0.25) is 0 Å². The lowest BCUT2D eigenvalue weighted by Gasteiger charge is -2.27. The summed E-state index contributed by atoms with van der Waals surface area (Å²) in [6.45, 7) is 25.3. The van der Waals surface area contributed by atoms with Gasteiger partial charge in [-0.05, 0) is 162 Å². The maximum atomic E-state index is 14.3. The van der Waals surface area contributed by atoms with Crippen LogP contribution in [0.3, 0.4) is 0 Å². The molecule has 0 saturated heterocycles. The van der Waals surface area contributed by atoms with Gasteiger partial charge < -0.3 is 71.7 Å². The number of pyridine rings is 3. The Morgan fingerprint density at radius 3 is 0.938 bits per heavy atom. The van der Waals surface area contributed by atoms with Crippen molar-refractivity contribution in [2.45, 2.75) is 77.0 Å². The largest absolute Gasteiger partial charge is 0.478 e. The Morgan fingerprint density at radius 2 is 0.674 bits per heavy atom. The molecule has 30 heteroatoms. The first kappa shape index (κ1) is 87.2. The molecule has 3 unspecified atom stereocenters. The molecule has 18 rings (SSSR count). The highest BCUT2D eigenvalue weighted by atomic mass is 19.1. The lowest BCUT2D eigenvalue weighted by atomic mass is 9.94. The normalized spacial score (nSPS) is 14.3. The second-order valence-electron chi connectivity index (χ2n) is 30.2. The number of carboxylic acid groups (broad SMARTS) is 3. The molecule has 6 aromatic heterocycles. The standard InChI is InChI=1S/3C33H27FN4O5/c3*1-35-24-9-6-23(26(34)18-24)19-43-30-5-3-4-27(36-30)21-7-10-25-20(16-21)12-14-42-31(25)32-37-28-11-8-22(33(39)40)17-29(28)38(32)13-15-41-2/h3*3-11,16-18,31H,12-15,19H2,2H3,(H,39,40). The maximum Gasteiger partial charge on any atom is 0.335 e. The predicted octanol–water partition coefficient (Wildman–Crippen LogP) is 19.1. The molecule has 0 amide bonds. The molecule has 3 atom stereocenters. The zero-order chi connectivity index (χ0) is 89.8. The Bertz CT molecular complexity index is 6290. The molecule has 0 saturated carbocycles. The van der Waals surface area contributed by atoms with Crippen LogP contribution in [0.2, 0.25) is 0 Å². The van der Waals surface area contributed by atoms with Crippen molar-refractivity contribution in [1.82, 2.24) is 43.6 Å². The van der Waals surface area contributed by atoms with Gasteiger partial charge in [-0.15, -0.1) is 0 Å².